The second kappa shape index (κ2) is 7.25. The molecule has 1 fully saturated rings. The van der Waals surface area contributed by atoms with Gasteiger partial charge in [0.25, 0.3) is 0 Å². The quantitative estimate of drug-likeness (QED) is 0.485. The summed E-state index contributed by atoms with van der Waals surface area (Å²) in [6.45, 7) is 2.08. The number of halogens is 3. The maximum absolute atomic E-state index is 11.8. The zero-order valence-corrected chi connectivity index (χ0v) is 11.0. The molecule has 0 saturated carbocycles. The third-order valence-corrected chi connectivity index (χ3v) is 4.06. The third kappa shape index (κ3) is 6.92. The molecule has 100 valence electrons. The molecule has 0 aromatic carbocycles. The molecule has 2 N–H and O–H groups in total. The van der Waals surface area contributed by atoms with Crippen molar-refractivity contribution in [3.05, 3.63) is 0 Å². The van der Waals surface area contributed by atoms with E-state index in [1.807, 2.05) is 16.7 Å². The highest BCUT2D eigenvalue weighted by molar-refractivity contribution is 7.99. The second-order valence-electron chi connectivity index (χ2n) is 3.51. The van der Waals surface area contributed by atoms with Crippen LogP contribution in [0.3, 0.4) is 0 Å². The van der Waals surface area contributed by atoms with E-state index in [-0.39, 0.29) is 0 Å². The van der Waals surface area contributed by atoms with Crippen molar-refractivity contribution in [3.8, 4) is 0 Å². The SMILES string of the molecule is NC(=NCCSCC(F)(F)F)N1CCSCC1. The first-order chi connectivity index (χ1) is 7.99. The predicted octanol–water partition coefficient (Wildman–Crippen LogP) is 1.65. The van der Waals surface area contributed by atoms with Crippen LogP contribution in [-0.4, -0.2) is 59.7 Å². The van der Waals surface area contributed by atoms with Crippen LogP contribution in [0.25, 0.3) is 0 Å². The topological polar surface area (TPSA) is 41.6 Å². The monoisotopic (exact) mass is 287 g/mol. The van der Waals surface area contributed by atoms with Crippen LogP contribution < -0.4 is 5.73 Å². The van der Waals surface area contributed by atoms with E-state index in [2.05, 4.69) is 4.99 Å². The molecule has 1 aliphatic heterocycles. The predicted molar refractivity (Wildman–Crippen MR) is 68.8 cm³/mol. The Hall–Kier alpha value is -0.240. The van der Waals surface area contributed by atoms with Crippen LogP contribution in [0.5, 0.6) is 0 Å². The Morgan fingerprint density at radius 2 is 2.00 bits per heavy atom. The van der Waals surface area contributed by atoms with Crippen molar-refractivity contribution in [1.29, 1.82) is 0 Å². The Labute approximate surface area is 107 Å². The van der Waals surface area contributed by atoms with Gasteiger partial charge in [0.15, 0.2) is 5.96 Å². The smallest absolute Gasteiger partial charge is 0.370 e. The molecule has 1 aliphatic rings. The molecule has 0 aromatic heterocycles. The fourth-order valence-electron chi connectivity index (χ4n) is 1.31. The first kappa shape index (κ1) is 14.8. The molecule has 0 spiro atoms. The molecule has 1 saturated heterocycles. The molecule has 1 rings (SSSR count). The number of thioether (sulfide) groups is 2. The van der Waals surface area contributed by atoms with Crippen LogP contribution in [0.15, 0.2) is 4.99 Å². The van der Waals surface area contributed by atoms with E-state index in [4.69, 9.17) is 5.73 Å². The van der Waals surface area contributed by atoms with E-state index < -0.39 is 11.9 Å². The highest BCUT2D eigenvalue weighted by atomic mass is 32.2. The number of hydrogen-bond acceptors (Lipinski definition) is 3. The van der Waals surface area contributed by atoms with Crippen LogP contribution >= 0.6 is 23.5 Å². The molecule has 1 heterocycles. The van der Waals surface area contributed by atoms with Gasteiger partial charge >= 0.3 is 6.18 Å². The fourth-order valence-corrected chi connectivity index (χ4v) is 2.80. The van der Waals surface area contributed by atoms with Crippen molar-refractivity contribution in [3.63, 3.8) is 0 Å². The minimum absolute atomic E-state index is 0.343. The molecular weight excluding hydrogens is 271 g/mol. The molecular formula is C9H16F3N3S2. The number of guanidine groups is 1. The Balaban J connectivity index is 2.14. The van der Waals surface area contributed by atoms with E-state index >= 15 is 0 Å². The Bertz CT molecular complexity index is 252. The van der Waals surface area contributed by atoms with Crippen LogP contribution in [0.2, 0.25) is 0 Å². The summed E-state index contributed by atoms with van der Waals surface area (Å²) in [6, 6.07) is 0. The first-order valence-electron chi connectivity index (χ1n) is 5.26. The molecule has 0 amide bonds. The normalized spacial score (nSPS) is 18.5. The fraction of sp³-hybridized carbons (Fsp3) is 0.889. The molecule has 0 aromatic rings. The summed E-state index contributed by atoms with van der Waals surface area (Å²) < 4.78 is 35.5. The van der Waals surface area contributed by atoms with E-state index in [9.17, 15) is 13.2 Å². The van der Waals surface area contributed by atoms with Gasteiger partial charge < -0.3 is 10.6 Å². The maximum atomic E-state index is 11.8. The molecule has 0 radical (unpaired) electrons. The van der Waals surface area contributed by atoms with Crippen molar-refractivity contribution in [2.75, 3.05) is 42.6 Å². The molecule has 8 heteroatoms. The molecule has 3 nitrogen and oxygen atoms in total. The van der Waals surface area contributed by atoms with Crippen molar-refractivity contribution in [2.24, 2.45) is 10.7 Å². The third-order valence-electron chi connectivity index (χ3n) is 2.11. The highest BCUT2D eigenvalue weighted by Gasteiger charge is 2.26. The van der Waals surface area contributed by atoms with E-state index in [0.717, 1.165) is 36.4 Å². The summed E-state index contributed by atoms with van der Waals surface area (Å²) in [6.07, 6.45) is -4.09. The van der Waals surface area contributed by atoms with Crippen molar-refractivity contribution in [1.82, 2.24) is 4.90 Å². The number of rotatable bonds is 4. The summed E-state index contributed by atoms with van der Waals surface area (Å²) in [4.78, 5) is 6.07. The Morgan fingerprint density at radius 3 is 2.59 bits per heavy atom. The number of hydrogen-bond donors (Lipinski definition) is 1. The zero-order chi connectivity index (χ0) is 12.7. The molecule has 0 atom stereocenters. The average molecular weight is 287 g/mol. The van der Waals surface area contributed by atoms with Gasteiger partial charge in [0, 0.05) is 30.3 Å². The first-order valence-corrected chi connectivity index (χ1v) is 7.57. The van der Waals surface area contributed by atoms with Crippen LogP contribution in [0.1, 0.15) is 0 Å². The summed E-state index contributed by atoms with van der Waals surface area (Å²) in [5.74, 6) is 2.04. The number of aliphatic imine (C=N–C) groups is 1. The Morgan fingerprint density at radius 1 is 1.35 bits per heavy atom. The molecule has 0 bridgehead atoms. The molecule has 0 aliphatic carbocycles. The Kier molecular flexibility index (Phi) is 6.32. The van der Waals surface area contributed by atoms with Gasteiger partial charge in [0.1, 0.15) is 0 Å². The maximum Gasteiger partial charge on any atom is 0.397 e. The van der Waals surface area contributed by atoms with Gasteiger partial charge in [-0.15, -0.1) is 0 Å². The van der Waals surface area contributed by atoms with Gasteiger partial charge in [-0.1, -0.05) is 0 Å². The van der Waals surface area contributed by atoms with Crippen molar-refractivity contribution < 1.29 is 13.2 Å². The number of alkyl halides is 3. The minimum atomic E-state index is -4.09. The van der Waals surface area contributed by atoms with Crippen LogP contribution in [0.4, 0.5) is 13.2 Å². The number of nitrogens with zero attached hydrogens (tertiary/aromatic N) is 2. The van der Waals surface area contributed by atoms with Gasteiger partial charge in [-0.3, -0.25) is 4.99 Å². The lowest BCUT2D eigenvalue weighted by Gasteiger charge is -2.27. The van der Waals surface area contributed by atoms with Crippen molar-refractivity contribution >= 4 is 29.5 Å². The van der Waals surface area contributed by atoms with Gasteiger partial charge in [0.2, 0.25) is 0 Å². The number of nitrogens with two attached hydrogens (primary N) is 1. The highest BCUT2D eigenvalue weighted by Crippen LogP contribution is 2.20. The molecule has 17 heavy (non-hydrogen) atoms. The summed E-state index contributed by atoms with van der Waals surface area (Å²) in [5.41, 5.74) is 5.75. The lowest BCUT2D eigenvalue weighted by molar-refractivity contribution is -0.105. The molecule has 0 unspecified atom stereocenters. The lowest BCUT2D eigenvalue weighted by Crippen LogP contribution is -2.42. The van der Waals surface area contributed by atoms with E-state index in [1.165, 1.54) is 0 Å². The second-order valence-corrected chi connectivity index (χ2v) is 5.84. The zero-order valence-electron chi connectivity index (χ0n) is 9.37. The van der Waals surface area contributed by atoms with Gasteiger partial charge in [0.05, 0.1) is 12.3 Å². The average Bonchev–Trinajstić information content (AvgIpc) is 2.28. The van der Waals surface area contributed by atoms with E-state index in [1.54, 1.807) is 0 Å². The van der Waals surface area contributed by atoms with Gasteiger partial charge in [-0.25, -0.2) is 0 Å². The minimum Gasteiger partial charge on any atom is -0.370 e. The largest absolute Gasteiger partial charge is 0.397 e. The standard InChI is InChI=1S/C9H16F3N3S2/c10-9(11,12)7-17-4-1-14-8(13)15-2-5-16-6-3-15/h1-7H2,(H2,13,14). The van der Waals surface area contributed by atoms with Crippen molar-refractivity contribution in [2.45, 2.75) is 6.18 Å². The van der Waals surface area contributed by atoms with Gasteiger partial charge in [-0.05, 0) is 0 Å². The van der Waals surface area contributed by atoms with E-state index in [0.29, 0.717) is 18.3 Å². The summed E-state index contributed by atoms with van der Waals surface area (Å²) in [7, 11) is 0. The summed E-state index contributed by atoms with van der Waals surface area (Å²) >= 11 is 2.71. The van der Waals surface area contributed by atoms with Crippen LogP contribution in [-0.2, 0) is 0 Å². The van der Waals surface area contributed by atoms with Crippen LogP contribution in [0, 0.1) is 0 Å². The summed E-state index contributed by atoms with van der Waals surface area (Å²) in [5, 5.41) is 0. The lowest BCUT2D eigenvalue weighted by atomic mass is 10.5. The van der Waals surface area contributed by atoms with Gasteiger partial charge in [-0.2, -0.15) is 36.7 Å².